The molecule has 0 radical (unpaired) electrons. The zero-order valence-electron chi connectivity index (χ0n) is 19.1. The number of hydrogen-bond donors (Lipinski definition) is 1. The van der Waals surface area contributed by atoms with Gasteiger partial charge in [-0.25, -0.2) is 0 Å². The van der Waals surface area contributed by atoms with Gasteiger partial charge < -0.3 is 19.3 Å². The van der Waals surface area contributed by atoms with Crippen molar-refractivity contribution < 1.29 is 19.3 Å². The summed E-state index contributed by atoms with van der Waals surface area (Å²) in [4.78, 5) is 0. The minimum absolute atomic E-state index is 0.345. The average Bonchev–Trinajstić information content (AvgIpc) is 2.76. The summed E-state index contributed by atoms with van der Waals surface area (Å²) in [6.07, 6.45) is 14.7. The minimum Gasteiger partial charge on any atom is -0.396 e. The fourth-order valence-electron chi connectivity index (χ4n) is 2.99. The second kappa shape index (κ2) is 25.1. The summed E-state index contributed by atoms with van der Waals surface area (Å²) < 4.78 is 15.6. The van der Waals surface area contributed by atoms with Crippen molar-refractivity contribution in [2.45, 2.75) is 83.7 Å². The Kier molecular flexibility index (Phi) is 24.3. The second-order valence-corrected chi connectivity index (χ2v) is 7.49. The van der Waals surface area contributed by atoms with Gasteiger partial charge in [0.05, 0.1) is 6.61 Å². The molecule has 4 heteroatoms. The Labute approximate surface area is 180 Å². The number of benzene rings is 1. The Hall–Kier alpha value is -0.940. The van der Waals surface area contributed by atoms with Crippen LogP contribution in [0.4, 0.5) is 0 Å². The summed E-state index contributed by atoms with van der Waals surface area (Å²) in [5, 5.41) is 8.49. The van der Waals surface area contributed by atoms with E-state index in [1.165, 1.54) is 76.2 Å². The molecule has 1 aromatic rings. The SMILES string of the molecule is COCCCCCCCCO.COCCCCCCCCOCc1ccccc1. The highest BCUT2D eigenvalue weighted by Gasteiger charge is 1.94. The monoisotopic (exact) mass is 410 g/mol. The lowest BCUT2D eigenvalue weighted by atomic mass is 10.1. The van der Waals surface area contributed by atoms with Gasteiger partial charge in [0.15, 0.2) is 0 Å². The van der Waals surface area contributed by atoms with Gasteiger partial charge in [0.1, 0.15) is 0 Å². The Morgan fingerprint density at radius 2 is 1.03 bits per heavy atom. The van der Waals surface area contributed by atoms with Gasteiger partial charge in [0.2, 0.25) is 0 Å². The van der Waals surface area contributed by atoms with Crippen LogP contribution in [0.5, 0.6) is 0 Å². The molecule has 0 heterocycles. The zero-order valence-corrected chi connectivity index (χ0v) is 19.1. The van der Waals surface area contributed by atoms with Gasteiger partial charge >= 0.3 is 0 Å². The van der Waals surface area contributed by atoms with Crippen molar-refractivity contribution in [3.63, 3.8) is 0 Å². The Balaban J connectivity index is 0.000000614. The van der Waals surface area contributed by atoms with E-state index in [4.69, 9.17) is 19.3 Å². The van der Waals surface area contributed by atoms with Crippen molar-refractivity contribution in [1.29, 1.82) is 0 Å². The first kappa shape index (κ1) is 28.1. The summed E-state index contributed by atoms with van der Waals surface area (Å²) >= 11 is 0. The van der Waals surface area contributed by atoms with Crippen molar-refractivity contribution in [1.82, 2.24) is 0 Å². The van der Waals surface area contributed by atoms with Crippen LogP contribution in [-0.2, 0) is 20.8 Å². The fraction of sp³-hybridized carbons (Fsp3) is 0.760. The van der Waals surface area contributed by atoms with Crippen LogP contribution in [-0.4, -0.2) is 45.8 Å². The first-order valence-electron chi connectivity index (χ1n) is 11.6. The molecule has 0 aromatic heterocycles. The lowest BCUT2D eigenvalue weighted by Gasteiger charge is -2.04. The summed E-state index contributed by atoms with van der Waals surface area (Å²) in [6, 6.07) is 10.4. The smallest absolute Gasteiger partial charge is 0.0716 e. The molecule has 0 saturated carbocycles. The third kappa shape index (κ3) is 23.2. The lowest BCUT2D eigenvalue weighted by Crippen LogP contribution is -1.95. The number of rotatable bonds is 19. The Morgan fingerprint density at radius 3 is 1.52 bits per heavy atom. The Morgan fingerprint density at radius 1 is 0.586 bits per heavy atom. The van der Waals surface area contributed by atoms with Gasteiger partial charge in [-0.2, -0.15) is 0 Å². The van der Waals surface area contributed by atoms with Crippen LogP contribution in [0, 0.1) is 0 Å². The molecule has 0 aliphatic carbocycles. The largest absolute Gasteiger partial charge is 0.396 e. The van der Waals surface area contributed by atoms with Crippen LogP contribution in [0.2, 0.25) is 0 Å². The molecule has 29 heavy (non-hydrogen) atoms. The maximum absolute atomic E-state index is 8.49. The van der Waals surface area contributed by atoms with Gasteiger partial charge in [-0.3, -0.25) is 0 Å². The van der Waals surface area contributed by atoms with Crippen LogP contribution >= 0.6 is 0 Å². The Bertz CT molecular complexity index is 389. The van der Waals surface area contributed by atoms with Crippen molar-refractivity contribution in [3.8, 4) is 0 Å². The van der Waals surface area contributed by atoms with Crippen LogP contribution in [0.1, 0.15) is 82.6 Å². The molecule has 4 nitrogen and oxygen atoms in total. The van der Waals surface area contributed by atoms with Crippen LogP contribution < -0.4 is 0 Å². The summed E-state index contributed by atoms with van der Waals surface area (Å²) in [7, 11) is 3.51. The number of aliphatic hydroxyl groups is 1. The highest BCUT2D eigenvalue weighted by molar-refractivity contribution is 5.13. The topological polar surface area (TPSA) is 47.9 Å². The molecule has 170 valence electrons. The van der Waals surface area contributed by atoms with E-state index < -0.39 is 0 Å². The molecule has 0 spiro atoms. The second-order valence-electron chi connectivity index (χ2n) is 7.49. The van der Waals surface area contributed by atoms with E-state index in [0.29, 0.717) is 6.61 Å². The molecule has 1 rings (SSSR count). The molecule has 0 saturated heterocycles. The molecule has 0 aliphatic heterocycles. The van der Waals surface area contributed by atoms with E-state index in [1.807, 2.05) is 6.07 Å². The third-order valence-electron chi connectivity index (χ3n) is 4.76. The van der Waals surface area contributed by atoms with Gasteiger partial charge in [0.25, 0.3) is 0 Å². The maximum Gasteiger partial charge on any atom is 0.0716 e. The molecule has 0 aliphatic rings. The zero-order chi connectivity index (χ0) is 21.3. The normalized spacial score (nSPS) is 10.6. The minimum atomic E-state index is 0.345. The van der Waals surface area contributed by atoms with E-state index >= 15 is 0 Å². The summed E-state index contributed by atoms with van der Waals surface area (Å²) in [5.41, 5.74) is 1.26. The molecular weight excluding hydrogens is 364 g/mol. The summed E-state index contributed by atoms with van der Waals surface area (Å²) in [6.45, 7) is 3.76. The van der Waals surface area contributed by atoms with Gasteiger partial charge in [-0.05, 0) is 31.2 Å². The number of hydrogen-bond acceptors (Lipinski definition) is 4. The molecule has 0 atom stereocenters. The molecular formula is C25H46O4. The highest BCUT2D eigenvalue weighted by Crippen LogP contribution is 2.07. The van der Waals surface area contributed by atoms with Gasteiger partial charge in [-0.15, -0.1) is 0 Å². The maximum atomic E-state index is 8.49. The quantitative estimate of drug-likeness (QED) is 0.278. The number of ether oxygens (including phenoxy) is 3. The van der Waals surface area contributed by atoms with Crippen molar-refractivity contribution >= 4 is 0 Å². The van der Waals surface area contributed by atoms with E-state index in [1.54, 1.807) is 14.2 Å². The van der Waals surface area contributed by atoms with E-state index in [0.717, 1.165) is 32.8 Å². The predicted molar refractivity (Wildman–Crippen MR) is 122 cm³/mol. The first-order valence-corrected chi connectivity index (χ1v) is 11.6. The van der Waals surface area contributed by atoms with Crippen molar-refractivity contribution in [2.24, 2.45) is 0 Å². The molecule has 0 unspecified atom stereocenters. The van der Waals surface area contributed by atoms with Crippen LogP contribution in [0.15, 0.2) is 30.3 Å². The lowest BCUT2D eigenvalue weighted by molar-refractivity contribution is 0.116. The summed E-state index contributed by atoms with van der Waals surface area (Å²) in [5.74, 6) is 0. The predicted octanol–water partition coefficient (Wildman–Crippen LogP) is 6.16. The molecule has 0 fully saturated rings. The molecule has 0 bridgehead atoms. The fourth-order valence-corrected chi connectivity index (χ4v) is 2.99. The van der Waals surface area contributed by atoms with Crippen LogP contribution in [0.25, 0.3) is 0 Å². The first-order chi connectivity index (χ1) is 14.3. The average molecular weight is 411 g/mol. The molecule has 1 aromatic carbocycles. The van der Waals surface area contributed by atoms with E-state index in [-0.39, 0.29) is 0 Å². The van der Waals surface area contributed by atoms with Crippen molar-refractivity contribution in [2.75, 3.05) is 40.6 Å². The number of aliphatic hydroxyl groups excluding tert-OH is 1. The molecule has 1 N–H and O–H groups in total. The van der Waals surface area contributed by atoms with Gasteiger partial charge in [0, 0.05) is 40.6 Å². The van der Waals surface area contributed by atoms with E-state index in [9.17, 15) is 0 Å². The highest BCUT2D eigenvalue weighted by atomic mass is 16.5. The van der Waals surface area contributed by atoms with Crippen LogP contribution in [0.3, 0.4) is 0 Å². The van der Waals surface area contributed by atoms with E-state index in [2.05, 4.69) is 24.3 Å². The number of methoxy groups -OCH3 is 2. The van der Waals surface area contributed by atoms with Gasteiger partial charge in [-0.1, -0.05) is 81.7 Å². The third-order valence-corrected chi connectivity index (χ3v) is 4.76. The molecule has 0 amide bonds. The number of unbranched alkanes of at least 4 members (excludes halogenated alkanes) is 10. The standard InChI is InChI=1S/C16H26O2.C9H20O2/c1-17-13-9-4-2-3-5-10-14-18-15-16-11-7-6-8-12-16;1-11-9-7-5-3-2-4-6-8-10/h6-8,11-12H,2-5,9-10,13-15H2,1H3;10H,2-9H2,1H3. The van der Waals surface area contributed by atoms with Crippen molar-refractivity contribution in [3.05, 3.63) is 35.9 Å².